The van der Waals surface area contributed by atoms with Crippen molar-refractivity contribution in [3.05, 3.63) is 56.7 Å². The Morgan fingerprint density at radius 3 is 2.55 bits per heavy atom. The molecule has 0 unspecified atom stereocenters. The lowest BCUT2D eigenvalue weighted by Crippen LogP contribution is -2.40. The molecule has 22 heavy (non-hydrogen) atoms. The molecule has 1 saturated heterocycles. The molecular formula is C17H16BrNO2S. The molecule has 1 aliphatic heterocycles. The van der Waals surface area contributed by atoms with Crippen LogP contribution in [0.4, 0.5) is 0 Å². The smallest absolute Gasteiger partial charge is 0.253 e. The molecule has 1 aliphatic rings. The fraction of sp³-hybridized carbons (Fsp3) is 0.294. The zero-order valence-corrected chi connectivity index (χ0v) is 14.4. The zero-order valence-electron chi connectivity index (χ0n) is 12.0. The average molecular weight is 378 g/mol. The Kier molecular flexibility index (Phi) is 4.74. The summed E-state index contributed by atoms with van der Waals surface area (Å²) in [6, 6.07) is 11.2. The first kappa shape index (κ1) is 15.4. The molecule has 2 heterocycles. The maximum absolute atomic E-state index is 12.5. The summed E-state index contributed by atoms with van der Waals surface area (Å²) in [5.41, 5.74) is 0.692. The number of halogens is 1. The highest BCUT2D eigenvalue weighted by Gasteiger charge is 2.28. The van der Waals surface area contributed by atoms with Gasteiger partial charge in [-0.05, 0) is 42.5 Å². The van der Waals surface area contributed by atoms with E-state index in [9.17, 15) is 9.59 Å². The van der Waals surface area contributed by atoms with Gasteiger partial charge in [0.25, 0.3) is 5.91 Å². The zero-order chi connectivity index (χ0) is 15.5. The van der Waals surface area contributed by atoms with E-state index in [0.717, 1.165) is 22.2 Å². The topological polar surface area (TPSA) is 37.4 Å². The summed E-state index contributed by atoms with van der Waals surface area (Å²) in [4.78, 5) is 27.5. The third-order valence-electron chi connectivity index (χ3n) is 3.99. The number of carbonyl (C=O) groups excluding carboxylic acids is 2. The highest BCUT2D eigenvalue weighted by atomic mass is 79.9. The van der Waals surface area contributed by atoms with Crippen molar-refractivity contribution in [2.24, 2.45) is 5.92 Å². The summed E-state index contributed by atoms with van der Waals surface area (Å²) in [5.74, 6) is 0.318. The first-order chi connectivity index (χ1) is 10.6. The number of hydrogen-bond donors (Lipinski definition) is 0. The van der Waals surface area contributed by atoms with E-state index in [1.807, 2.05) is 46.7 Å². The van der Waals surface area contributed by atoms with Crippen molar-refractivity contribution in [3.63, 3.8) is 0 Å². The number of hydrogen-bond acceptors (Lipinski definition) is 3. The van der Waals surface area contributed by atoms with E-state index in [2.05, 4.69) is 15.9 Å². The van der Waals surface area contributed by atoms with Crippen LogP contribution in [0.15, 0.2) is 46.3 Å². The van der Waals surface area contributed by atoms with E-state index in [1.54, 1.807) is 0 Å². The second-order valence-electron chi connectivity index (χ2n) is 5.42. The highest BCUT2D eigenvalue weighted by Crippen LogP contribution is 2.25. The molecule has 114 valence electrons. The fourth-order valence-corrected chi connectivity index (χ4v) is 3.91. The van der Waals surface area contributed by atoms with Crippen molar-refractivity contribution in [2.45, 2.75) is 12.8 Å². The second kappa shape index (κ2) is 6.75. The van der Waals surface area contributed by atoms with Crippen LogP contribution in [-0.2, 0) is 0 Å². The summed E-state index contributed by atoms with van der Waals surface area (Å²) >= 11 is 4.89. The number of piperidine rings is 1. The van der Waals surface area contributed by atoms with Gasteiger partial charge in [0.2, 0.25) is 0 Å². The third kappa shape index (κ3) is 3.31. The number of likely N-dealkylation sites (tertiary alicyclic amines) is 1. The standard InChI is InChI=1S/C17H16BrNO2S/c18-14-4-1-3-13(11-14)17(21)19-8-6-12(7-9-19)16(20)15-5-2-10-22-15/h1-5,10-12H,6-9H2. The first-order valence-electron chi connectivity index (χ1n) is 7.27. The van der Waals surface area contributed by atoms with Gasteiger partial charge in [0.1, 0.15) is 0 Å². The predicted molar refractivity (Wildman–Crippen MR) is 91.4 cm³/mol. The summed E-state index contributed by atoms with van der Waals surface area (Å²) in [5, 5.41) is 1.93. The Morgan fingerprint density at radius 1 is 1.14 bits per heavy atom. The van der Waals surface area contributed by atoms with Gasteiger partial charge in [-0.15, -0.1) is 11.3 Å². The van der Waals surface area contributed by atoms with Crippen molar-refractivity contribution in [1.82, 2.24) is 4.90 Å². The molecule has 3 rings (SSSR count). The van der Waals surface area contributed by atoms with Crippen molar-refractivity contribution in [1.29, 1.82) is 0 Å². The lowest BCUT2D eigenvalue weighted by molar-refractivity contribution is 0.0651. The molecule has 3 nitrogen and oxygen atoms in total. The minimum atomic E-state index is 0.0447. The Labute approximate surface area is 142 Å². The van der Waals surface area contributed by atoms with Gasteiger partial charge in [-0.25, -0.2) is 0 Å². The van der Waals surface area contributed by atoms with Gasteiger partial charge in [-0.1, -0.05) is 28.1 Å². The van der Waals surface area contributed by atoms with Crippen LogP contribution in [0.1, 0.15) is 32.9 Å². The Bertz CT molecular complexity index is 676. The molecule has 0 N–H and O–H groups in total. The summed E-state index contributed by atoms with van der Waals surface area (Å²) in [6.45, 7) is 1.29. The van der Waals surface area contributed by atoms with E-state index >= 15 is 0 Å². The van der Waals surface area contributed by atoms with Gasteiger partial charge < -0.3 is 4.90 Å². The summed E-state index contributed by atoms with van der Waals surface area (Å²) in [7, 11) is 0. The largest absolute Gasteiger partial charge is 0.339 e. The minimum Gasteiger partial charge on any atom is -0.339 e. The number of ketones is 1. The SMILES string of the molecule is O=C(c1cccs1)C1CCN(C(=O)c2cccc(Br)c2)CC1. The van der Waals surface area contributed by atoms with Crippen LogP contribution in [-0.4, -0.2) is 29.7 Å². The van der Waals surface area contributed by atoms with Crippen LogP contribution in [0.3, 0.4) is 0 Å². The quantitative estimate of drug-likeness (QED) is 0.749. The third-order valence-corrected chi connectivity index (χ3v) is 5.37. The molecule has 2 aromatic rings. The van der Waals surface area contributed by atoms with Crippen LogP contribution >= 0.6 is 27.3 Å². The fourth-order valence-electron chi connectivity index (χ4n) is 2.77. The van der Waals surface area contributed by atoms with Gasteiger partial charge in [-0.3, -0.25) is 9.59 Å². The Hall–Kier alpha value is -1.46. The molecule has 0 aliphatic carbocycles. The van der Waals surface area contributed by atoms with Gasteiger partial charge in [0.05, 0.1) is 4.88 Å². The minimum absolute atomic E-state index is 0.0447. The first-order valence-corrected chi connectivity index (χ1v) is 8.95. The number of thiophene rings is 1. The molecule has 5 heteroatoms. The summed E-state index contributed by atoms with van der Waals surface area (Å²) < 4.78 is 0.904. The van der Waals surface area contributed by atoms with E-state index in [0.29, 0.717) is 18.7 Å². The summed E-state index contributed by atoms with van der Waals surface area (Å²) in [6.07, 6.45) is 1.49. The molecule has 1 aromatic carbocycles. The molecule has 0 atom stereocenters. The maximum Gasteiger partial charge on any atom is 0.253 e. The van der Waals surface area contributed by atoms with E-state index in [4.69, 9.17) is 0 Å². The van der Waals surface area contributed by atoms with Gasteiger partial charge in [-0.2, -0.15) is 0 Å². The molecular weight excluding hydrogens is 362 g/mol. The van der Waals surface area contributed by atoms with Crippen LogP contribution in [0.25, 0.3) is 0 Å². The van der Waals surface area contributed by atoms with Crippen LogP contribution in [0.2, 0.25) is 0 Å². The second-order valence-corrected chi connectivity index (χ2v) is 7.28. The number of carbonyl (C=O) groups is 2. The normalized spacial score (nSPS) is 15.8. The number of nitrogens with zero attached hydrogens (tertiary/aromatic N) is 1. The van der Waals surface area contributed by atoms with Crippen LogP contribution in [0.5, 0.6) is 0 Å². The molecule has 1 amide bonds. The number of benzene rings is 1. The van der Waals surface area contributed by atoms with Crippen molar-refractivity contribution < 1.29 is 9.59 Å². The van der Waals surface area contributed by atoms with E-state index < -0.39 is 0 Å². The van der Waals surface area contributed by atoms with E-state index in [-0.39, 0.29) is 17.6 Å². The molecule has 0 bridgehead atoms. The van der Waals surface area contributed by atoms with Gasteiger partial charge in [0.15, 0.2) is 5.78 Å². The maximum atomic E-state index is 12.5. The molecule has 0 spiro atoms. The lowest BCUT2D eigenvalue weighted by atomic mass is 9.91. The molecule has 1 aromatic heterocycles. The van der Waals surface area contributed by atoms with Gasteiger partial charge in [0, 0.05) is 29.0 Å². The Morgan fingerprint density at radius 2 is 1.91 bits per heavy atom. The number of Topliss-reactive ketones (excluding diaryl/α,β-unsaturated/α-hetero) is 1. The average Bonchev–Trinajstić information content (AvgIpc) is 3.08. The molecule has 1 fully saturated rings. The number of rotatable bonds is 3. The molecule has 0 radical (unpaired) electrons. The van der Waals surface area contributed by atoms with Crippen molar-refractivity contribution in [3.8, 4) is 0 Å². The van der Waals surface area contributed by atoms with Crippen molar-refractivity contribution in [2.75, 3.05) is 13.1 Å². The van der Waals surface area contributed by atoms with Crippen molar-refractivity contribution >= 4 is 39.0 Å². The predicted octanol–water partition coefficient (Wildman–Crippen LogP) is 4.25. The van der Waals surface area contributed by atoms with Crippen LogP contribution < -0.4 is 0 Å². The monoisotopic (exact) mass is 377 g/mol. The van der Waals surface area contributed by atoms with Gasteiger partial charge >= 0.3 is 0 Å². The van der Waals surface area contributed by atoms with Crippen LogP contribution in [0, 0.1) is 5.92 Å². The van der Waals surface area contributed by atoms with E-state index in [1.165, 1.54) is 11.3 Å². The number of amides is 1. The lowest BCUT2D eigenvalue weighted by Gasteiger charge is -2.31. The molecule has 0 saturated carbocycles. The Balaban J connectivity index is 1.62. The highest BCUT2D eigenvalue weighted by molar-refractivity contribution is 9.10.